The molecule has 3 aromatic carbocycles. The summed E-state index contributed by atoms with van der Waals surface area (Å²) in [5.74, 6) is 0.604. The predicted molar refractivity (Wildman–Crippen MR) is 173 cm³/mol. The summed E-state index contributed by atoms with van der Waals surface area (Å²) in [5, 5.41) is 10.9. The van der Waals surface area contributed by atoms with Crippen molar-refractivity contribution < 1.29 is 4.79 Å². The van der Waals surface area contributed by atoms with Crippen LogP contribution in [0.15, 0.2) is 85.1 Å². The molecule has 43 heavy (non-hydrogen) atoms. The fourth-order valence-corrected chi connectivity index (χ4v) is 5.30. The first-order valence-electron chi connectivity index (χ1n) is 14.3. The molecule has 10 heteroatoms. The molecule has 0 atom stereocenters. The van der Waals surface area contributed by atoms with Gasteiger partial charge in [0.25, 0.3) is 5.91 Å². The molecule has 0 bridgehead atoms. The zero-order valence-corrected chi connectivity index (χ0v) is 24.3. The summed E-state index contributed by atoms with van der Waals surface area (Å²) in [6.45, 7) is 6.69. The van der Waals surface area contributed by atoms with Crippen LogP contribution in [0.2, 0.25) is 0 Å². The van der Waals surface area contributed by atoms with Crippen LogP contribution in [0.4, 0.5) is 34.5 Å². The van der Waals surface area contributed by atoms with E-state index in [-0.39, 0.29) is 11.9 Å². The number of carbonyl (C=O) groups excluding carboxylic acids is 1. The van der Waals surface area contributed by atoms with Crippen LogP contribution in [0.25, 0.3) is 10.9 Å². The molecule has 6 rings (SSSR count). The number of para-hydroxylation sites is 1. The number of piperazine rings is 1. The van der Waals surface area contributed by atoms with Crippen LogP contribution >= 0.6 is 0 Å². The minimum Gasteiger partial charge on any atom is -0.368 e. The summed E-state index contributed by atoms with van der Waals surface area (Å²) in [4.78, 5) is 31.2. The third-order valence-corrected chi connectivity index (χ3v) is 7.45. The molecule has 10 nitrogen and oxygen atoms in total. The highest BCUT2D eigenvalue weighted by Gasteiger charge is 2.16. The minimum atomic E-state index is -0.201. The van der Waals surface area contributed by atoms with Gasteiger partial charge in [-0.05, 0) is 68.1 Å². The van der Waals surface area contributed by atoms with Gasteiger partial charge in [-0.1, -0.05) is 24.3 Å². The number of rotatable bonds is 8. The van der Waals surface area contributed by atoms with Crippen LogP contribution in [0, 0.1) is 6.92 Å². The van der Waals surface area contributed by atoms with Gasteiger partial charge in [-0.2, -0.15) is 4.98 Å². The second-order valence-electron chi connectivity index (χ2n) is 10.9. The molecule has 1 aliphatic heterocycles. The first-order chi connectivity index (χ1) is 20.9. The number of aromatic nitrogens is 3. The third kappa shape index (κ3) is 7.06. The van der Waals surface area contributed by atoms with Crippen molar-refractivity contribution in [1.29, 1.82) is 0 Å². The number of aryl methyl sites for hydroxylation is 1. The van der Waals surface area contributed by atoms with Gasteiger partial charge in [0.1, 0.15) is 5.82 Å². The second-order valence-corrected chi connectivity index (χ2v) is 10.9. The summed E-state index contributed by atoms with van der Waals surface area (Å²) in [6, 6.07) is 25.2. The van der Waals surface area contributed by atoms with Gasteiger partial charge < -0.3 is 26.6 Å². The molecule has 1 fully saturated rings. The van der Waals surface area contributed by atoms with Crippen molar-refractivity contribution in [3.8, 4) is 0 Å². The van der Waals surface area contributed by atoms with Crippen LogP contribution in [-0.4, -0.2) is 63.9 Å². The fraction of sp³-hybridized carbons (Fsp3) is 0.212. The SMILES string of the molecule is Cc1cc(Nc2cc(CN3CCN(C)CC3)cc(NC(=O)c3cccc(Nc4ccnc5ccccc45)c3)c2)nc(N)n1. The molecule has 0 spiro atoms. The number of pyridine rings is 1. The van der Waals surface area contributed by atoms with E-state index in [1.54, 1.807) is 6.20 Å². The average molecular weight is 574 g/mol. The highest BCUT2D eigenvalue weighted by Crippen LogP contribution is 2.27. The van der Waals surface area contributed by atoms with E-state index in [0.29, 0.717) is 17.1 Å². The number of likely N-dealkylation sites (N-methyl/N-ethyl adjacent to an activating group) is 1. The van der Waals surface area contributed by atoms with Crippen LogP contribution in [0.5, 0.6) is 0 Å². The van der Waals surface area contributed by atoms with Gasteiger partial charge in [0, 0.05) is 84.4 Å². The number of nitrogen functional groups attached to an aromatic ring is 1. The van der Waals surface area contributed by atoms with Gasteiger partial charge in [0.05, 0.1) is 5.52 Å². The maximum atomic E-state index is 13.5. The molecule has 218 valence electrons. The van der Waals surface area contributed by atoms with Crippen LogP contribution in [0.3, 0.4) is 0 Å². The number of nitrogens with one attached hydrogen (secondary N) is 3. The van der Waals surface area contributed by atoms with E-state index >= 15 is 0 Å². The Morgan fingerprint density at radius 1 is 0.860 bits per heavy atom. The number of hydrogen-bond acceptors (Lipinski definition) is 9. The van der Waals surface area contributed by atoms with Crippen molar-refractivity contribution in [2.45, 2.75) is 13.5 Å². The number of nitrogens with two attached hydrogens (primary N) is 1. The fourth-order valence-electron chi connectivity index (χ4n) is 5.30. The molecule has 0 radical (unpaired) electrons. The number of fused-ring (bicyclic) bond motifs is 1. The minimum absolute atomic E-state index is 0.201. The van der Waals surface area contributed by atoms with E-state index in [9.17, 15) is 4.79 Å². The van der Waals surface area contributed by atoms with Gasteiger partial charge >= 0.3 is 0 Å². The first kappa shape index (κ1) is 28.1. The second kappa shape index (κ2) is 12.4. The summed E-state index contributed by atoms with van der Waals surface area (Å²) in [6.07, 6.45) is 1.78. The molecule has 0 unspecified atom stereocenters. The Morgan fingerprint density at radius 2 is 1.67 bits per heavy atom. The van der Waals surface area contributed by atoms with Gasteiger partial charge in [-0.3, -0.25) is 14.7 Å². The lowest BCUT2D eigenvalue weighted by molar-refractivity contribution is 0.102. The lowest BCUT2D eigenvalue weighted by Gasteiger charge is -2.32. The number of amides is 1. The normalized spacial score (nSPS) is 14.0. The number of hydrogen-bond donors (Lipinski definition) is 4. The molecule has 1 saturated heterocycles. The Balaban J connectivity index is 1.24. The van der Waals surface area contributed by atoms with Crippen molar-refractivity contribution >= 4 is 51.3 Å². The van der Waals surface area contributed by atoms with Gasteiger partial charge in [0.2, 0.25) is 5.95 Å². The van der Waals surface area contributed by atoms with Crippen LogP contribution in [-0.2, 0) is 6.54 Å². The Labute approximate surface area is 251 Å². The number of benzene rings is 3. The largest absolute Gasteiger partial charge is 0.368 e. The van der Waals surface area contributed by atoms with Crippen molar-refractivity contribution in [3.63, 3.8) is 0 Å². The van der Waals surface area contributed by atoms with E-state index in [0.717, 1.165) is 71.9 Å². The predicted octanol–water partition coefficient (Wildman–Crippen LogP) is 5.40. The molecule has 5 N–H and O–H groups in total. The number of carbonyl (C=O) groups is 1. The van der Waals surface area contributed by atoms with Crippen molar-refractivity contribution in [2.24, 2.45) is 0 Å². The molecular formula is C33H35N9O. The topological polar surface area (TPSA) is 124 Å². The maximum Gasteiger partial charge on any atom is 0.255 e. The smallest absolute Gasteiger partial charge is 0.255 e. The lowest BCUT2D eigenvalue weighted by atomic mass is 10.1. The summed E-state index contributed by atoms with van der Waals surface area (Å²) >= 11 is 0. The zero-order valence-electron chi connectivity index (χ0n) is 24.3. The molecular weight excluding hydrogens is 538 g/mol. The van der Waals surface area contributed by atoms with Gasteiger partial charge in [-0.25, -0.2) is 4.98 Å². The molecule has 1 amide bonds. The Bertz CT molecular complexity index is 1740. The molecule has 3 heterocycles. The lowest BCUT2D eigenvalue weighted by Crippen LogP contribution is -2.43. The Kier molecular flexibility index (Phi) is 8.12. The number of anilines is 6. The Morgan fingerprint density at radius 3 is 2.51 bits per heavy atom. The van der Waals surface area contributed by atoms with E-state index in [1.165, 1.54) is 0 Å². The molecule has 0 saturated carbocycles. The average Bonchev–Trinajstić information content (AvgIpc) is 2.98. The van der Waals surface area contributed by atoms with Crippen LogP contribution < -0.4 is 21.7 Å². The Hall–Kier alpha value is -5.06. The summed E-state index contributed by atoms with van der Waals surface area (Å²) in [7, 11) is 2.15. The zero-order chi connectivity index (χ0) is 29.8. The summed E-state index contributed by atoms with van der Waals surface area (Å²) in [5.41, 5.74) is 12.4. The molecule has 1 aliphatic rings. The quantitative estimate of drug-likeness (QED) is 0.193. The maximum absolute atomic E-state index is 13.5. The highest BCUT2D eigenvalue weighted by atomic mass is 16.1. The van der Waals surface area contributed by atoms with Crippen molar-refractivity contribution in [2.75, 3.05) is 54.9 Å². The first-order valence-corrected chi connectivity index (χ1v) is 14.3. The van der Waals surface area contributed by atoms with E-state index in [2.05, 4.69) is 53.8 Å². The molecule has 2 aromatic heterocycles. The monoisotopic (exact) mass is 573 g/mol. The number of nitrogens with zero attached hydrogens (tertiary/aromatic N) is 5. The van der Waals surface area contributed by atoms with Crippen molar-refractivity contribution in [3.05, 3.63) is 102 Å². The van der Waals surface area contributed by atoms with E-state index < -0.39 is 0 Å². The van der Waals surface area contributed by atoms with Crippen LogP contribution in [0.1, 0.15) is 21.6 Å². The third-order valence-electron chi connectivity index (χ3n) is 7.45. The molecule has 0 aliphatic carbocycles. The highest BCUT2D eigenvalue weighted by molar-refractivity contribution is 6.05. The van der Waals surface area contributed by atoms with Crippen molar-refractivity contribution in [1.82, 2.24) is 24.8 Å². The standard InChI is InChI=1S/C33H35N9O/c1-22-16-31(40-33(34)36-22)38-26-17-23(21-42-14-12-41(2)13-15-42)18-27(20-26)39-32(43)24-6-5-7-25(19-24)37-30-10-11-35-29-9-4-3-8-28(29)30/h3-11,16-20H,12-15,21H2,1-2H3,(H,35,37)(H,39,43)(H3,34,36,38,40). The van der Waals surface area contributed by atoms with Gasteiger partial charge in [0.15, 0.2) is 0 Å². The van der Waals surface area contributed by atoms with Gasteiger partial charge in [-0.15, -0.1) is 0 Å². The molecule has 5 aromatic rings. The van der Waals surface area contributed by atoms with E-state index in [1.807, 2.05) is 79.7 Å². The van der Waals surface area contributed by atoms with E-state index in [4.69, 9.17) is 5.73 Å². The summed E-state index contributed by atoms with van der Waals surface area (Å²) < 4.78 is 0.